The number of hydrogen-bond acceptors (Lipinski definition) is 1. The average molecular weight is 255 g/mol. The van der Waals surface area contributed by atoms with Gasteiger partial charge in [0.1, 0.15) is 0 Å². The quantitative estimate of drug-likeness (QED) is 0.846. The second-order valence-electron chi connectivity index (χ2n) is 3.15. The lowest BCUT2D eigenvalue weighted by atomic mass is 10.2. The molecule has 1 aromatic carbocycles. The van der Waals surface area contributed by atoms with Crippen LogP contribution in [0.5, 0.6) is 0 Å². The molecule has 2 N–H and O–H groups in total. The van der Waals surface area contributed by atoms with Gasteiger partial charge >= 0.3 is 0 Å². The van der Waals surface area contributed by atoms with E-state index >= 15 is 0 Å². The van der Waals surface area contributed by atoms with Gasteiger partial charge in [0.2, 0.25) is 0 Å². The van der Waals surface area contributed by atoms with Gasteiger partial charge in [0.05, 0.1) is 21.3 Å². The summed E-state index contributed by atoms with van der Waals surface area (Å²) in [6.45, 7) is 0. The van der Waals surface area contributed by atoms with E-state index in [0.29, 0.717) is 21.3 Å². The van der Waals surface area contributed by atoms with Crippen LogP contribution in [0.2, 0.25) is 10.0 Å². The number of halogens is 2. The van der Waals surface area contributed by atoms with Crippen molar-refractivity contribution in [1.82, 2.24) is 4.98 Å². The Morgan fingerprint density at radius 2 is 1.88 bits per heavy atom. The fourth-order valence-electron chi connectivity index (χ4n) is 1.27. The number of amides is 1. The number of carbonyl (C=O) groups excluding carboxylic acids is 1. The number of aromatic amines is 1. The molecule has 16 heavy (non-hydrogen) atoms. The first-order chi connectivity index (χ1) is 7.68. The van der Waals surface area contributed by atoms with E-state index in [1.165, 1.54) is 0 Å². The van der Waals surface area contributed by atoms with E-state index < -0.39 is 0 Å². The van der Waals surface area contributed by atoms with E-state index in [0.717, 1.165) is 0 Å². The summed E-state index contributed by atoms with van der Waals surface area (Å²) >= 11 is 11.9. The standard InChI is InChI=1S/C11H8Cl2N2O/c12-8-2-1-3-9(13)10(8)15-11(16)7-4-5-14-6-7/h1-6,14H,(H,15,16). The van der Waals surface area contributed by atoms with E-state index in [2.05, 4.69) is 10.3 Å². The Balaban J connectivity index is 2.25. The Morgan fingerprint density at radius 3 is 2.44 bits per heavy atom. The molecule has 5 heteroatoms. The van der Waals surface area contributed by atoms with Gasteiger partial charge in [-0.05, 0) is 18.2 Å². The first-order valence-electron chi connectivity index (χ1n) is 4.56. The number of nitrogens with one attached hydrogen (secondary N) is 2. The zero-order valence-electron chi connectivity index (χ0n) is 8.13. The van der Waals surface area contributed by atoms with Gasteiger partial charge in [0, 0.05) is 12.4 Å². The van der Waals surface area contributed by atoms with Gasteiger partial charge in [-0.1, -0.05) is 29.3 Å². The second kappa shape index (κ2) is 4.60. The zero-order valence-corrected chi connectivity index (χ0v) is 9.64. The molecule has 3 nitrogen and oxygen atoms in total. The Bertz CT molecular complexity index is 488. The van der Waals surface area contributed by atoms with Crippen molar-refractivity contribution >= 4 is 34.8 Å². The van der Waals surface area contributed by atoms with E-state index in [4.69, 9.17) is 23.2 Å². The Hall–Kier alpha value is -1.45. The Kier molecular flexibility index (Phi) is 3.17. The summed E-state index contributed by atoms with van der Waals surface area (Å²) in [5, 5.41) is 3.48. The molecular weight excluding hydrogens is 247 g/mol. The van der Waals surface area contributed by atoms with Gasteiger partial charge in [-0.2, -0.15) is 0 Å². The third-order valence-corrected chi connectivity index (χ3v) is 2.69. The fourth-order valence-corrected chi connectivity index (χ4v) is 1.76. The molecule has 0 saturated heterocycles. The monoisotopic (exact) mass is 254 g/mol. The maximum Gasteiger partial charge on any atom is 0.257 e. The number of aromatic nitrogens is 1. The molecule has 0 atom stereocenters. The third-order valence-electron chi connectivity index (χ3n) is 2.06. The molecule has 0 aliphatic rings. The van der Waals surface area contributed by atoms with Crippen LogP contribution in [0, 0.1) is 0 Å². The van der Waals surface area contributed by atoms with Crippen LogP contribution in [0.4, 0.5) is 5.69 Å². The van der Waals surface area contributed by atoms with Crippen LogP contribution >= 0.6 is 23.2 Å². The van der Waals surface area contributed by atoms with Gasteiger partial charge in [-0.3, -0.25) is 4.79 Å². The van der Waals surface area contributed by atoms with Crippen LogP contribution in [-0.4, -0.2) is 10.9 Å². The van der Waals surface area contributed by atoms with Crippen molar-refractivity contribution in [3.8, 4) is 0 Å². The largest absolute Gasteiger partial charge is 0.367 e. The van der Waals surface area contributed by atoms with Crippen molar-refractivity contribution in [2.24, 2.45) is 0 Å². The second-order valence-corrected chi connectivity index (χ2v) is 3.96. The fraction of sp³-hybridized carbons (Fsp3) is 0. The topological polar surface area (TPSA) is 44.9 Å². The normalized spacial score (nSPS) is 10.1. The van der Waals surface area contributed by atoms with E-state index in [9.17, 15) is 4.79 Å². The first kappa shape index (κ1) is 11.0. The molecule has 2 rings (SSSR count). The lowest BCUT2D eigenvalue weighted by Gasteiger charge is -2.07. The molecule has 1 heterocycles. The van der Waals surface area contributed by atoms with Gasteiger partial charge in [0.15, 0.2) is 0 Å². The third kappa shape index (κ3) is 2.21. The van der Waals surface area contributed by atoms with Crippen molar-refractivity contribution < 1.29 is 4.79 Å². The Morgan fingerprint density at radius 1 is 1.19 bits per heavy atom. The summed E-state index contributed by atoms with van der Waals surface area (Å²) in [5.41, 5.74) is 0.952. The molecule has 1 aromatic heterocycles. The smallest absolute Gasteiger partial charge is 0.257 e. The molecule has 0 aliphatic carbocycles. The highest BCUT2D eigenvalue weighted by Gasteiger charge is 2.11. The number of anilines is 1. The molecule has 0 saturated carbocycles. The van der Waals surface area contributed by atoms with Crippen LogP contribution in [-0.2, 0) is 0 Å². The van der Waals surface area contributed by atoms with Crippen LogP contribution in [0.1, 0.15) is 10.4 Å². The molecule has 82 valence electrons. The highest BCUT2D eigenvalue weighted by Crippen LogP contribution is 2.30. The molecular formula is C11H8Cl2N2O. The summed E-state index contributed by atoms with van der Waals surface area (Å²) in [6.07, 6.45) is 3.27. The lowest BCUT2D eigenvalue weighted by molar-refractivity contribution is 0.102. The van der Waals surface area contributed by atoms with E-state index in [-0.39, 0.29) is 5.91 Å². The maximum atomic E-state index is 11.7. The van der Waals surface area contributed by atoms with Crippen molar-refractivity contribution in [3.05, 3.63) is 52.3 Å². The van der Waals surface area contributed by atoms with Crippen molar-refractivity contribution in [2.45, 2.75) is 0 Å². The lowest BCUT2D eigenvalue weighted by Crippen LogP contribution is -2.11. The van der Waals surface area contributed by atoms with Crippen LogP contribution < -0.4 is 5.32 Å². The zero-order chi connectivity index (χ0) is 11.5. The molecule has 2 aromatic rings. The van der Waals surface area contributed by atoms with Crippen molar-refractivity contribution in [1.29, 1.82) is 0 Å². The summed E-state index contributed by atoms with van der Waals surface area (Å²) in [6, 6.07) is 6.72. The number of carbonyl (C=O) groups is 1. The molecule has 0 aliphatic heterocycles. The minimum Gasteiger partial charge on any atom is -0.367 e. The molecule has 1 amide bonds. The highest BCUT2D eigenvalue weighted by atomic mass is 35.5. The minimum absolute atomic E-state index is 0.253. The van der Waals surface area contributed by atoms with Crippen LogP contribution in [0.15, 0.2) is 36.7 Å². The molecule has 0 spiro atoms. The van der Waals surface area contributed by atoms with Crippen molar-refractivity contribution in [3.63, 3.8) is 0 Å². The number of hydrogen-bond donors (Lipinski definition) is 2. The van der Waals surface area contributed by atoms with Crippen molar-refractivity contribution in [2.75, 3.05) is 5.32 Å². The van der Waals surface area contributed by atoms with Gasteiger partial charge in [-0.25, -0.2) is 0 Å². The number of rotatable bonds is 2. The molecule has 0 fully saturated rings. The molecule has 0 bridgehead atoms. The molecule has 0 unspecified atom stereocenters. The summed E-state index contributed by atoms with van der Waals surface area (Å²) in [4.78, 5) is 14.5. The number of benzene rings is 1. The van der Waals surface area contributed by atoms with Crippen LogP contribution in [0.3, 0.4) is 0 Å². The van der Waals surface area contributed by atoms with E-state index in [1.807, 2.05) is 0 Å². The summed E-state index contributed by atoms with van der Waals surface area (Å²) < 4.78 is 0. The van der Waals surface area contributed by atoms with E-state index in [1.54, 1.807) is 36.7 Å². The number of para-hydroxylation sites is 1. The summed E-state index contributed by atoms with van der Waals surface area (Å²) in [5.74, 6) is -0.253. The maximum absolute atomic E-state index is 11.7. The summed E-state index contributed by atoms with van der Waals surface area (Å²) in [7, 11) is 0. The predicted octanol–water partition coefficient (Wildman–Crippen LogP) is 3.57. The SMILES string of the molecule is O=C(Nc1c(Cl)cccc1Cl)c1cc[nH]c1. The highest BCUT2D eigenvalue weighted by molar-refractivity contribution is 6.40. The van der Waals surface area contributed by atoms with Crippen LogP contribution in [0.25, 0.3) is 0 Å². The van der Waals surface area contributed by atoms with Gasteiger partial charge in [0.25, 0.3) is 5.91 Å². The molecule has 0 radical (unpaired) electrons. The minimum atomic E-state index is -0.253. The predicted molar refractivity (Wildman–Crippen MR) is 65.2 cm³/mol. The number of H-pyrrole nitrogens is 1. The first-order valence-corrected chi connectivity index (χ1v) is 5.32. The van der Waals surface area contributed by atoms with Gasteiger partial charge < -0.3 is 10.3 Å². The Labute approximate surface area is 102 Å². The van der Waals surface area contributed by atoms with Gasteiger partial charge in [-0.15, -0.1) is 0 Å². The average Bonchev–Trinajstić information content (AvgIpc) is 2.76.